The van der Waals surface area contributed by atoms with E-state index < -0.39 is 54.2 Å². The number of esters is 1. The number of aryl methyl sites for hydroxylation is 2. The summed E-state index contributed by atoms with van der Waals surface area (Å²) in [7, 11) is -2.73. The van der Waals surface area contributed by atoms with Crippen molar-refractivity contribution in [1.82, 2.24) is 0 Å². The van der Waals surface area contributed by atoms with Gasteiger partial charge in [0, 0.05) is 28.2 Å². The molecule has 208 valence electrons. The molecular formula is C32H33O7P. The number of methoxy groups -OCH3 is 1. The second-order valence-corrected chi connectivity index (χ2v) is 12.6. The summed E-state index contributed by atoms with van der Waals surface area (Å²) in [6.07, 6.45) is -0.468. The third kappa shape index (κ3) is 5.80. The van der Waals surface area contributed by atoms with Gasteiger partial charge in [-0.3, -0.25) is 24.0 Å². The highest BCUT2D eigenvalue weighted by Crippen LogP contribution is 2.48. The van der Waals surface area contributed by atoms with Crippen LogP contribution >= 0.6 is 7.14 Å². The number of Topliss-reactive ketones (excluding diaryl/α,β-unsaturated/α-hetero) is 3. The molecule has 0 aliphatic carbocycles. The van der Waals surface area contributed by atoms with E-state index in [1.807, 2.05) is 0 Å². The van der Waals surface area contributed by atoms with Crippen molar-refractivity contribution < 1.29 is 33.3 Å². The van der Waals surface area contributed by atoms with Gasteiger partial charge < -0.3 is 9.30 Å². The van der Waals surface area contributed by atoms with E-state index in [0.717, 1.165) is 7.11 Å². The van der Waals surface area contributed by atoms with Crippen LogP contribution in [0.15, 0.2) is 66.7 Å². The third-order valence-electron chi connectivity index (χ3n) is 7.18. The van der Waals surface area contributed by atoms with Crippen LogP contribution in [-0.2, 0) is 23.7 Å². The van der Waals surface area contributed by atoms with Crippen LogP contribution in [0.5, 0.6) is 0 Å². The van der Waals surface area contributed by atoms with E-state index in [9.17, 15) is 28.5 Å². The lowest BCUT2D eigenvalue weighted by molar-refractivity contribution is -0.152. The van der Waals surface area contributed by atoms with Gasteiger partial charge in [0.05, 0.1) is 18.9 Å². The number of rotatable bonds is 11. The van der Waals surface area contributed by atoms with E-state index in [0.29, 0.717) is 27.3 Å². The predicted molar refractivity (Wildman–Crippen MR) is 154 cm³/mol. The van der Waals surface area contributed by atoms with Crippen LogP contribution in [0.2, 0.25) is 0 Å². The molecule has 3 aromatic carbocycles. The highest BCUT2D eigenvalue weighted by Gasteiger charge is 2.40. The summed E-state index contributed by atoms with van der Waals surface area (Å²) in [6, 6.07) is 18.7. The fourth-order valence-electron chi connectivity index (χ4n) is 5.40. The Labute approximate surface area is 234 Å². The van der Waals surface area contributed by atoms with Gasteiger partial charge in [0.1, 0.15) is 11.6 Å². The zero-order valence-corrected chi connectivity index (χ0v) is 24.4. The van der Waals surface area contributed by atoms with E-state index in [2.05, 4.69) is 0 Å². The first-order valence-electron chi connectivity index (χ1n) is 12.8. The summed E-state index contributed by atoms with van der Waals surface area (Å²) in [6.45, 7) is 7.42. The van der Waals surface area contributed by atoms with Gasteiger partial charge in [-0.15, -0.1) is 0 Å². The van der Waals surface area contributed by atoms with E-state index in [1.165, 1.54) is 13.8 Å². The Balaban J connectivity index is 2.19. The van der Waals surface area contributed by atoms with Crippen LogP contribution in [0.3, 0.4) is 0 Å². The Hall–Kier alpha value is -3.96. The molecule has 7 nitrogen and oxygen atoms in total. The first-order chi connectivity index (χ1) is 18.9. The van der Waals surface area contributed by atoms with Gasteiger partial charge in [0.2, 0.25) is 12.7 Å². The Morgan fingerprint density at radius 2 is 1.20 bits per heavy atom. The Kier molecular flexibility index (Phi) is 9.54. The lowest BCUT2D eigenvalue weighted by Crippen LogP contribution is -2.36. The maximum Gasteiger partial charge on any atom is 0.310 e. The fraction of sp³-hybridized carbons (Fsp3) is 0.281. The molecule has 8 heteroatoms. The molecule has 0 spiro atoms. The van der Waals surface area contributed by atoms with Crippen molar-refractivity contribution in [3.63, 3.8) is 0 Å². The van der Waals surface area contributed by atoms with Crippen molar-refractivity contribution >= 4 is 46.6 Å². The summed E-state index contributed by atoms with van der Waals surface area (Å²) in [5.74, 6) is -5.11. The molecule has 1 atom stereocenters. The highest BCUT2D eigenvalue weighted by molar-refractivity contribution is 7.93. The van der Waals surface area contributed by atoms with Crippen molar-refractivity contribution in [3.05, 3.63) is 94.5 Å². The summed E-state index contributed by atoms with van der Waals surface area (Å²) < 4.78 is 19.6. The molecule has 0 saturated carbocycles. The minimum absolute atomic E-state index is 0.161. The Morgan fingerprint density at radius 3 is 1.62 bits per heavy atom. The minimum Gasteiger partial charge on any atom is -0.469 e. The second kappa shape index (κ2) is 12.5. The smallest absolute Gasteiger partial charge is 0.310 e. The van der Waals surface area contributed by atoms with Crippen molar-refractivity contribution in [2.75, 3.05) is 7.11 Å². The van der Waals surface area contributed by atoms with Gasteiger partial charge in [-0.25, -0.2) is 0 Å². The average Bonchev–Trinajstić information content (AvgIpc) is 2.91. The normalized spacial score (nSPS) is 12.1. The van der Waals surface area contributed by atoms with Crippen LogP contribution in [0.1, 0.15) is 57.7 Å². The molecule has 0 heterocycles. The SMILES string of the molecule is COC(=O)C(CC(=O)c1c(C)cc(C)c(C(=O)P(=O)(c2ccccc2)c2ccccc2)c1C)C(C(C)=O)C(C)=O. The third-order valence-corrected chi connectivity index (χ3v) is 10.0. The lowest BCUT2D eigenvalue weighted by atomic mass is 9.80. The van der Waals surface area contributed by atoms with E-state index in [1.54, 1.807) is 87.5 Å². The monoisotopic (exact) mass is 560 g/mol. The average molecular weight is 561 g/mol. The Morgan fingerprint density at radius 1 is 0.750 bits per heavy atom. The van der Waals surface area contributed by atoms with Crippen LogP contribution in [-0.4, -0.2) is 36.0 Å². The molecule has 0 fully saturated rings. The number of benzene rings is 3. The van der Waals surface area contributed by atoms with E-state index in [4.69, 9.17) is 4.74 Å². The number of ether oxygens (including phenoxy) is 1. The molecule has 0 radical (unpaired) electrons. The first kappa shape index (κ1) is 30.6. The van der Waals surface area contributed by atoms with Gasteiger partial charge in [0.25, 0.3) is 0 Å². The molecule has 40 heavy (non-hydrogen) atoms. The van der Waals surface area contributed by atoms with Crippen molar-refractivity contribution in [2.45, 2.75) is 41.0 Å². The number of carbonyl (C=O) groups excluding carboxylic acids is 5. The second-order valence-electron chi connectivity index (χ2n) is 9.93. The molecule has 0 N–H and O–H groups in total. The van der Waals surface area contributed by atoms with Crippen LogP contribution in [0, 0.1) is 32.6 Å². The maximum atomic E-state index is 14.8. The fourth-order valence-corrected chi connectivity index (χ4v) is 8.01. The van der Waals surface area contributed by atoms with E-state index >= 15 is 0 Å². The zero-order valence-electron chi connectivity index (χ0n) is 23.5. The van der Waals surface area contributed by atoms with Crippen molar-refractivity contribution in [3.8, 4) is 0 Å². The maximum absolute atomic E-state index is 14.8. The number of hydrogen-bond acceptors (Lipinski definition) is 7. The molecule has 3 aromatic rings. The molecular weight excluding hydrogens is 527 g/mol. The largest absolute Gasteiger partial charge is 0.469 e. The minimum atomic E-state index is -3.86. The summed E-state index contributed by atoms with van der Waals surface area (Å²) in [5, 5.41) is 0.741. The molecule has 0 aliphatic heterocycles. The van der Waals surface area contributed by atoms with Crippen molar-refractivity contribution in [2.24, 2.45) is 11.8 Å². The number of carbonyl (C=O) groups is 5. The molecule has 0 aromatic heterocycles. The van der Waals surface area contributed by atoms with Crippen LogP contribution in [0.25, 0.3) is 0 Å². The van der Waals surface area contributed by atoms with E-state index in [-0.39, 0.29) is 11.1 Å². The standard InChI is InChI=1S/C32H33O7P/c1-19-17-20(2)29(32(37)40(38,24-13-9-7-10-14-24)25-15-11-8-12-16-25)21(3)28(19)27(35)18-26(31(36)39-6)30(22(4)33)23(5)34/h7-17,26,30H,18H2,1-6H3. The quantitative estimate of drug-likeness (QED) is 0.142. The molecule has 0 bridgehead atoms. The molecule has 0 aliphatic rings. The van der Waals surface area contributed by atoms with Gasteiger partial charge in [-0.1, -0.05) is 66.7 Å². The lowest BCUT2D eigenvalue weighted by Gasteiger charge is -2.24. The summed E-state index contributed by atoms with van der Waals surface area (Å²) >= 11 is 0. The van der Waals surface area contributed by atoms with Crippen LogP contribution in [0.4, 0.5) is 0 Å². The molecule has 0 amide bonds. The molecule has 3 rings (SSSR count). The zero-order chi connectivity index (χ0) is 29.8. The Bertz CT molecular complexity index is 1470. The van der Waals surface area contributed by atoms with Gasteiger partial charge in [-0.05, 0) is 51.3 Å². The summed E-state index contributed by atoms with van der Waals surface area (Å²) in [4.78, 5) is 65.2. The predicted octanol–water partition coefficient (Wildman–Crippen LogP) is 4.92. The van der Waals surface area contributed by atoms with Gasteiger partial charge in [-0.2, -0.15) is 0 Å². The first-order valence-corrected chi connectivity index (χ1v) is 14.6. The number of ketones is 3. The van der Waals surface area contributed by atoms with Crippen LogP contribution < -0.4 is 10.6 Å². The van der Waals surface area contributed by atoms with Gasteiger partial charge in [0.15, 0.2) is 5.78 Å². The van der Waals surface area contributed by atoms with Crippen molar-refractivity contribution in [1.29, 1.82) is 0 Å². The molecule has 0 saturated heterocycles. The topological polar surface area (TPSA) is 112 Å². The van der Waals surface area contributed by atoms with Gasteiger partial charge >= 0.3 is 5.97 Å². The molecule has 1 unspecified atom stereocenters. The highest BCUT2D eigenvalue weighted by atomic mass is 31.2. The summed E-state index contributed by atoms with van der Waals surface area (Å²) in [5.41, 5.74) is 1.17. The number of hydrogen-bond donors (Lipinski definition) is 0.